The van der Waals surface area contributed by atoms with Crippen LogP contribution >= 0.6 is 23.4 Å². The van der Waals surface area contributed by atoms with Gasteiger partial charge in [0.05, 0.1) is 17.5 Å². The third-order valence-corrected chi connectivity index (χ3v) is 5.55. The minimum atomic E-state index is -0.602. The van der Waals surface area contributed by atoms with Gasteiger partial charge in [-0.25, -0.2) is 4.39 Å². The summed E-state index contributed by atoms with van der Waals surface area (Å²) in [4.78, 5) is 38.8. The molecule has 0 fully saturated rings. The van der Waals surface area contributed by atoms with E-state index in [0.29, 0.717) is 16.4 Å². The number of nitrogens with one attached hydrogen (secondary N) is 2. The van der Waals surface area contributed by atoms with Gasteiger partial charge in [0.2, 0.25) is 17.7 Å². The number of anilines is 2. The van der Waals surface area contributed by atoms with Crippen LogP contribution in [0.25, 0.3) is 0 Å². The number of carbonyl (C=O) groups is 3. The molecular weight excluding hydrogens is 405 g/mol. The van der Waals surface area contributed by atoms with Crippen LogP contribution in [0.2, 0.25) is 5.02 Å². The number of hydrogen-bond donors (Lipinski definition) is 2. The molecule has 1 aliphatic heterocycles. The Bertz CT molecular complexity index is 940. The van der Waals surface area contributed by atoms with Gasteiger partial charge in [-0.2, -0.15) is 0 Å². The van der Waals surface area contributed by atoms with E-state index >= 15 is 0 Å². The summed E-state index contributed by atoms with van der Waals surface area (Å²) in [7, 11) is 1.48. The second-order valence-corrected chi connectivity index (χ2v) is 7.93. The zero-order chi connectivity index (χ0) is 20.3. The molecule has 9 heteroatoms. The molecule has 3 rings (SSSR count). The van der Waals surface area contributed by atoms with E-state index < -0.39 is 17.0 Å². The van der Waals surface area contributed by atoms with Crippen LogP contribution in [0.5, 0.6) is 0 Å². The normalized spacial score (nSPS) is 15.4. The number of benzene rings is 2. The standard InChI is InChI=1S/C19H17ClFN3O3S/c1-24(10-17(25)22-13-4-2-3-12(21)8-13)18(26)9-16-19(27)23-14-7-11(20)5-6-15(14)28-16/h2-8,16H,9-10H2,1H3,(H,22,25)(H,23,27)/t16-/m1/s1. The lowest BCUT2D eigenvalue weighted by Crippen LogP contribution is -2.39. The number of hydrogen-bond acceptors (Lipinski definition) is 4. The molecule has 6 nitrogen and oxygen atoms in total. The predicted molar refractivity (Wildman–Crippen MR) is 107 cm³/mol. The molecule has 0 saturated carbocycles. The Morgan fingerprint density at radius 2 is 2.07 bits per heavy atom. The number of likely N-dealkylation sites (N-methyl/N-ethyl adjacent to an activating group) is 1. The minimum absolute atomic E-state index is 0.0533. The smallest absolute Gasteiger partial charge is 0.243 e. The summed E-state index contributed by atoms with van der Waals surface area (Å²) in [6.45, 7) is -0.208. The predicted octanol–water partition coefficient (Wildman–Crippen LogP) is 3.38. The van der Waals surface area contributed by atoms with Gasteiger partial charge in [-0.3, -0.25) is 14.4 Å². The number of fused-ring (bicyclic) bond motifs is 1. The lowest BCUT2D eigenvalue weighted by molar-refractivity contribution is -0.134. The van der Waals surface area contributed by atoms with Crippen LogP contribution in [0.3, 0.4) is 0 Å². The van der Waals surface area contributed by atoms with Crippen molar-refractivity contribution in [3.05, 3.63) is 53.3 Å². The first-order chi connectivity index (χ1) is 13.3. The molecule has 0 saturated heterocycles. The fourth-order valence-electron chi connectivity index (χ4n) is 2.64. The van der Waals surface area contributed by atoms with Crippen LogP contribution in [0.15, 0.2) is 47.4 Å². The van der Waals surface area contributed by atoms with Crippen molar-refractivity contribution in [1.29, 1.82) is 0 Å². The molecule has 28 heavy (non-hydrogen) atoms. The second kappa shape index (κ2) is 8.62. The third kappa shape index (κ3) is 5.02. The first-order valence-corrected chi connectivity index (χ1v) is 9.64. The summed E-state index contributed by atoms with van der Waals surface area (Å²) in [5.74, 6) is -1.56. The maximum atomic E-state index is 13.2. The summed E-state index contributed by atoms with van der Waals surface area (Å²) >= 11 is 7.20. The summed E-state index contributed by atoms with van der Waals surface area (Å²) < 4.78 is 13.2. The molecule has 0 spiro atoms. The van der Waals surface area contributed by atoms with Crippen molar-refractivity contribution in [2.24, 2.45) is 0 Å². The van der Waals surface area contributed by atoms with Gasteiger partial charge in [0.25, 0.3) is 0 Å². The van der Waals surface area contributed by atoms with Gasteiger partial charge in [-0.1, -0.05) is 17.7 Å². The maximum Gasteiger partial charge on any atom is 0.243 e. The third-order valence-electron chi connectivity index (χ3n) is 4.04. The first-order valence-electron chi connectivity index (χ1n) is 8.38. The first kappa shape index (κ1) is 20.2. The Balaban J connectivity index is 1.56. The average molecular weight is 422 g/mol. The molecule has 1 heterocycles. The Labute approximate surface area is 170 Å². The van der Waals surface area contributed by atoms with E-state index in [0.717, 1.165) is 4.90 Å². The Morgan fingerprint density at radius 1 is 1.29 bits per heavy atom. The minimum Gasteiger partial charge on any atom is -0.336 e. The van der Waals surface area contributed by atoms with Crippen LogP contribution < -0.4 is 10.6 Å². The monoisotopic (exact) mass is 421 g/mol. The molecule has 0 unspecified atom stereocenters. The summed E-state index contributed by atoms with van der Waals surface area (Å²) in [5, 5.41) is 5.18. The van der Waals surface area contributed by atoms with E-state index in [9.17, 15) is 18.8 Å². The van der Waals surface area contributed by atoms with Crippen molar-refractivity contribution in [3.8, 4) is 0 Å². The highest BCUT2D eigenvalue weighted by molar-refractivity contribution is 8.01. The van der Waals surface area contributed by atoms with Gasteiger partial charge >= 0.3 is 0 Å². The van der Waals surface area contributed by atoms with E-state index in [1.165, 1.54) is 41.9 Å². The number of carbonyl (C=O) groups excluding carboxylic acids is 3. The van der Waals surface area contributed by atoms with Crippen LogP contribution in [0.4, 0.5) is 15.8 Å². The summed E-state index contributed by atoms with van der Waals surface area (Å²) in [5.41, 5.74) is 0.928. The number of amides is 3. The molecule has 0 aromatic heterocycles. The number of rotatable bonds is 5. The van der Waals surface area contributed by atoms with Crippen LogP contribution in [0, 0.1) is 5.82 Å². The Morgan fingerprint density at radius 3 is 2.82 bits per heavy atom. The van der Waals surface area contributed by atoms with Crippen molar-refractivity contribution >= 4 is 52.5 Å². The average Bonchev–Trinajstić information content (AvgIpc) is 2.62. The molecule has 2 aromatic rings. The summed E-state index contributed by atoms with van der Waals surface area (Å²) in [6.07, 6.45) is -0.0533. The highest BCUT2D eigenvalue weighted by Gasteiger charge is 2.30. The molecule has 0 aliphatic carbocycles. The molecule has 3 amide bonds. The van der Waals surface area contributed by atoms with Gasteiger partial charge in [0, 0.05) is 29.1 Å². The molecule has 1 aliphatic rings. The van der Waals surface area contributed by atoms with E-state index in [-0.39, 0.29) is 24.8 Å². The van der Waals surface area contributed by atoms with Gasteiger partial charge in [0.1, 0.15) is 5.82 Å². The van der Waals surface area contributed by atoms with Crippen molar-refractivity contribution in [2.75, 3.05) is 24.2 Å². The molecule has 2 aromatic carbocycles. The Hall–Kier alpha value is -2.58. The van der Waals surface area contributed by atoms with Gasteiger partial charge in [-0.05, 0) is 36.4 Å². The largest absolute Gasteiger partial charge is 0.336 e. The zero-order valence-corrected chi connectivity index (χ0v) is 16.4. The van der Waals surface area contributed by atoms with Gasteiger partial charge in [-0.15, -0.1) is 11.8 Å². The van der Waals surface area contributed by atoms with E-state index in [4.69, 9.17) is 11.6 Å². The topological polar surface area (TPSA) is 78.5 Å². The number of halogens is 2. The van der Waals surface area contributed by atoms with Crippen molar-refractivity contribution < 1.29 is 18.8 Å². The molecular formula is C19H17ClFN3O3S. The van der Waals surface area contributed by atoms with Gasteiger partial charge < -0.3 is 15.5 Å². The van der Waals surface area contributed by atoms with E-state index in [1.54, 1.807) is 24.3 Å². The lowest BCUT2D eigenvalue weighted by Gasteiger charge is -2.25. The van der Waals surface area contributed by atoms with Crippen molar-refractivity contribution in [2.45, 2.75) is 16.6 Å². The highest BCUT2D eigenvalue weighted by Crippen LogP contribution is 2.38. The van der Waals surface area contributed by atoms with Crippen LogP contribution in [-0.2, 0) is 14.4 Å². The molecule has 2 N–H and O–H groups in total. The van der Waals surface area contributed by atoms with Crippen molar-refractivity contribution in [1.82, 2.24) is 4.90 Å². The SMILES string of the molecule is CN(CC(=O)Nc1cccc(F)c1)C(=O)C[C@H]1Sc2ccc(Cl)cc2NC1=O. The lowest BCUT2D eigenvalue weighted by atomic mass is 10.2. The highest BCUT2D eigenvalue weighted by atomic mass is 35.5. The molecule has 0 bridgehead atoms. The maximum absolute atomic E-state index is 13.2. The summed E-state index contributed by atoms with van der Waals surface area (Å²) in [6, 6.07) is 10.6. The molecule has 146 valence electrons. The van der Waals surface area contributed by atoms with Gasteiger partial charge in [0.15, 0.2) is 0 Å². The quantitative estimate of drug-likeness (QED) is 0.775. The number of nitrogens with zero attached hydrogens (tertiary/aromatic N) is 1. The second-order valence-electron chi connectivity index (χ2n) is 6.25. The zero-order valence-electron chi connectivity index (χ0n) is 14.9. The van der Waals surface area contributed by atoms with E-state index in [1.807, 2.05) is 0 Å². The van der Waals surface area contributed by atoms with Crippen molar-refractivity contribution in [3.63, 3.8) is 0 Å². The number of thioether (sulfide) groups is 1. The Kier molecular flexibility index (Phi) is 6.21. The molecule has 0 radical (unpaired) electrons. The van der Waals surface area contributed by atoms with Crippen LogP contribution in [-0.4, -0.2) is 41.5 Å². The van der Waals surface area contributed by atoms with Crippen LogP contribution in [0.1, 0.15) is 6.42 Å². The fraction of sp³-hybridized carbons (Fsp3) is 0.211. The van der Waals surface area contributed by atoms with E-state index in [2.05, 4.69) is 10.6 Å². The molecule has 1 atom stereocenters. The fourth-order valence-corrected chi connectivity index (χ4v) is 3.90.